The molecule has 0 aliphatic rings. The number of H-pyrrole nitrogens is 1. The van der Waals surface area contributed by atoms with E-state index in [9.17, 15) is 0 Å². The van der Waals surface area contributed by atoms with Crippen LogP contribution in [0.3, 0.4) is 0 Å². The van der Waals surface area contributed by atoms with Crippen molar-refractivity contribution in [3.05, 3.63) is 71.9 Å². The molecule has 5 heteroatoms. The number of benzene rings is 2. The van der Waals surface area contributed by atoms with Gasteiger partial charge in [-0.3, -0.25) is 5.10 Å². The molecule has 0 spiro atoms. The van der Waals surface area contributed by atoms with Crippen molar-refractivity contribution in [2.75, 3.05) is 5.32 Å². The largest absolute Gasteiger partial charge is 0.438 e. The maximum Gasteiger partial charge on any atom is 0.229 e. The predicted molar refractivity (Wildman–Crippen MR) is 99.6 cm³/mol. The minimum Gasteiger partial charge on any atom is -0.438 e. The summed E-state index contributed by atoms with van der Waals surface area (Å²) >= 11 is 0. The van der Waals surface area contributed by atoms with Crippen molar-refractivity contribution in [2.45, 2.75) is 13.8 Å². The van der Waals surface area contributed by atoms with Crippen LogP contribution in [0.15, 0.2) is 60.7 Å². The Kier molecular flexibility index (Phi) is 3.82. The van der Waals surface area contributed by atoms with Gasteiger partial charge < -0.3 is 10.1 Å². The van der Waals surface area contributed by atoms with E-state index in [-0.39, 0.29) is 0 Å². The summed E-state index contributed by atoms with van der Waals surface area (Å²) in [5, 5.41) is 12.3. The van der Waals surface area contributed by atoms with Gasteiger partial charge in [-0.05, 0) is 43.5 Å². The van der Waals surface area contributed by atoms with Crippen molar-refractivity contribution in [3.8, 4) is 11.6 Å². The van der Waals surface area contributed by atoms with Gasteiger partial charge in [-0.15, -0.1) is 0 Å². The molecule has 0 saturated carbocycles. The molecule has 4 aromatic rings. The first-order valence-electron chi connectivity index (χ1n) is 8.11. The molecule has 2 aromatic carbocycles. The number of rotatable bonds is 4. The zero-order valence-electron chi connectivity index (χ0n) is 14.1. The number of fused-ring (bicyclic) bond motifs is 1. The highest BCUT2D eigenvalue weighted by molar-refractivity contribution is 5.89. The van der Waals surface area contributed by atoms with Crippen LogP contribution in [0, 0.1) is 13.8 Å². The minimum absolute atomic E-state index is 0.566. The van der Waals surface area contributed by atoms with E-state index < -0.39 is 0 Å². The number of anilines is 2. The zero-order chi connectivity index (χ0) is 17.2. The second kappa shape index (κ2) is 6.28. The molecule has 2 heterocycles. The van der Waals surface area contributed by atoms with Crippen molar-refractivity contribution in [2.24, 2.45) is 0 Å². The van der Waals surface area contributed by atoms with Crippen molar-refractivity contribution < 1.29 is 4.74 Å². The fourth-order valence-corrected chi connectivity index (χ4v) is 2.64. The van der Waals surface area contributed by atoms with Gasteiger partial charge in [0.2, 0.25) is 5.88 Å². The number of pyridine rings is 1. The van der Waals surface area contributed by atoms with E-state index in [1.165, 1.54) is 5.56 Å². The lowest BCUT2D eigenvalue weighted by molar-refractivity contribution is 0.470. The molecule has 0 saturated heterocycles. The molecule has 2 N–H and O–H groups in total. The lowest BCUT2D eigenvalue weighted by atomic mass is 10.1. The summed E-state index contributed by atoms with van der Waals surface area (Å²) in [6.07, 6.45) is 0. The molecule has 0 atom stereocenters. The van der Waals surface area contributed by atoms with Crippen molar-refractivity contribution in [3.63, 3.8) is 0 Å². The molecular weight excluding hydrogens is 312 g/mol. The Bertz CT molecular complexity index is 1020. The summed E-state index contributed by atoms with van der Waals surface area (Å²) in [6.45, 7) is 4.01. The average Bonchev–Trinajstić information content (AvgIpc) is 3.02. The predicted octanol–water partition coefficient (Wildman–Crippen LogP) is 5.11. The van der Waals surface area contributed by atoms with Crippen molar-refractivity contribution in [1.29, 1.82) is 0 Å². The molecule has 0 fully saturated rings. The summed E-state index contributed by atoms with van der Waals surface area (Å²) in [6, 6.07) is 19.9. The number of nitrogens with one attached hydrogen (secondary N) is 2. The average molecular weight is 330 g/mol. The zero-order valence-corrected chi connectivity index (χ0v) is 14.1. The van der Waals surface area contributed by atoms with E-state index in [4.69, 9.17) is 4.74 Å². The second-order valence-corrected chi connectivity index (χ2v) is 6.01. The number of aromatic nitrogens is 3. The highest BCUT2D eigenvalue weighted by atomic mass is 16.5. The number of aryl methyl sites for hydroxylation is 2. The van der Waals surface area contributed by atoms with E-state index in [0.29, 0.717) is 11.7 Å². The number of aromatic amines is 1. The number of hydrogen-bond donors (Lipinski definition) is 2. The van der Waals surface area contributed by atoms with Crippen LogP contribution in [0.1, 0.15) is 11.3 Å². The van der Waals surface area contributed by atoms with Crippen LogP contribution in [0.4, 0.5) is 11.6 Å². The Morgan fingerprint density at radius 1 is 0.920 bits per heavy atom. The Hall–Kier alpha value is -3.34. The van der Waals surface area contributed by atoms with Gasteiger partial charge in [0, 0.05) is 17.1 Å². The lowest BCUT2D eigenvalue weighted by Crippen LogP contribution is -1.97. The van der Waals surface area contributed by atoms with E-state index >= 15 is 0 Å². The Balaban J connectivity index is 1.74. The third-order valence-electron chi connectivity index (χ3n) is 3.90. The summed E-state index contributed by atoms with van der Waals surface area (Å²) in [4.78, 5) is 4.64. The standard InChI is InChI=1S/C20H18N4O/c1-13-7-9-16(10-8-13)25-20-17-6-4-3-5-15(17)12-18(22-20)21-19-11-14(2)23-24-19/h3-12H,1-2H3,(H2,21,22,23,24). The maximum absolute atomic E-state index is 6.05. The van der Waals surface area contributed by atoms with E-state index in [1.54, 1.807) is 0 Å². The summed E-state index contributed by atoms with van der Waals surface area (Å²) in [7, 11) is 0. The molecule has 0 aliphatic heterocycles. The molecular formula is C20H18N4O. The van der Waals surface area contributed by atoms with E-state index in [1.807, 2.05) is 74.5 Å². The Morgan fingerprint density at radius 2 is 1.72 bits per heavy atom. The second-order valence-electron chi connectivity index (χ2n) is 6.01. The van der Waals surface area contributed by atoms with Gasteiger partial charge >= 0.3 is 0 Å². The maximum atomic E-state index is 6.05. The molecule has 0 amide bonds. The van der Waals surface area contributed by atoms with Gasteiger partial charge in [0.1, 0.15) is 11.6 Å². The molecule has 0 radical (unpaired) electrons. The highest BCUT2D eigenvalue weighted by Crippen LogP contribution is 2.31. The van der Waals surface area contributed by atoms with Crippen molar-refractivity contribution in [1.82, 2.24) is 15.2 Å². The highest BCUT2D eigenvalue weighted by Gasteiger charge is 2.09. The van der Waals surface area contributed by atoms with Crippen LogP contribution in [0.5, 0.6) is 11.6 Å². The van der Waals surface area contributed by atoms with Crippen LogP contribution in [0.25, 0.3) is 10.8 Å². The molecule has 2 aromatic heterocycles. The van der Waals surface area contributed by atoms with Gasteiger partial charge in [0.25, 0.3) is 0 Å². The first-order valence-corrected chi connectivity index (χ1v) is 8.11. The van der Waals surface area contributed by atoms with E-state index in [0.717, 1.165) is 28.0 Å². The molecule has 4 rings (SSSR count). The first-order chi connectivity index (χ1) is 12.2. The molecule has 5 nitrogen and oxygen atoms in total. The van der Waals surface area contributed by atoms with Crippen LogP contribution in [-0.4, -0.2) is 15.2 Å². The molecule has 124 valence electrons. The van der Waals surface area contributed by atoms with Crippen molar-refractivity contribution >= 4 is 22.4 Å². The SMILES string of the molecule is Cc1ccc(Oc2nc(Nc3cc(C)[nH]n3)cc3ccccc23)cc1. The van der Waals surface area contributed by atoms with Gasteiger partial charge in [-0.1, -0.05) is 35.9 Å². The lowest BCUT2D eigenvalue weighted by Gasteiger charge is -2.11. The number of ether oxygens (including phenoxy) is 1. The van der Waals surface area contributed by atoms with Crippen LogP contribution in [-0.2, 0) is 0 Å². The topological polar surface area (TPSA) is 62.8 Å². The Morgan fingerprint density at radius 3 is 2.48 bits per heavy atom. The molecule has 25 heavy (non-hydrogen) atoms. The minimum atomic E-state index is 0.566. The third kappa shape index (κ3) is 3.30. The quantitative estimate of drug-likeness (QED) is 0.546. The summed E-state index contributed by atoms with van der Waals surface area (Å²) in [5.41, 5.74) is 2.17. The van der Waals surface area contributed by atoms with Gasteiger partial charge in [-0.25, -0.2) is 0 Å². The fourth-order valence-electron chi connectivity index (χ4n) is 2.64. The monoisotopic (exact) mass is 330 g/mol. The molecule has 0 aliphatic carbocycles. The van der Waals surface area contributed by atoms with Crippen LogP contribution >= 0.6 is 0 Å². The smallest absolute Gasteiger partial charge is 0.229 e. The summed E-state index contributed by atoms with van der Waals surface area (Å²) < 4.78 is 6.05. The molecule has 0 unspecified atom stereocenters. The number of hydrogen-bond acceptors (Lipinski definition) is 4. The van der Waals surface area contributed by atoms with Gasteiger partial charge in [-0.2, -0.15) is 10.1 Å². The molecule has 0 bridgehead atoms. The van der Waals surface area contributed by atoms with Crippen LogP contribution < -0.4 is 10.1 Å². The summed E-state index contributed by atoms with van der Waals surface area (Å²) in [5.74, 6) is 2.74. The normalized spacial score (nSPS) is 10.8. The number of nitrogens with zero attached hydrogens (tertiary/aromatic N) is 2. The first kappa shape index (κ1) is 15.2. The van der Waals surface area contributed by atoms with Gasteiger partial charge in [0.15, 0.2) is 5.82 Å². The third-order valence-corrected chi connectivity index (χ3v) is 3.90. The van der Waals surface area contributed by atoms with E-state index in [2.05, 4.69) is 20.5 Å². The van der Waals surface area contributed by atoms with Gasteiger partial charge in [0.05, 0.1) is 0 Å². The fraction of sp³-hybridized carbons (Fsp3) is 0.100. The Labute approximate surface area is 145 Å². The van der Waals surface area contributed by atoms with Crippen LogP contribution in [0.2, 0.25) is 0 Å².